The third kappa shape index (κ3) is 3.53. The summed E-state index contributed by atoms with van der Waals surface area (Å²) in [6.45, 7) is 3.14. The molecule has 0 amide bonds. The number of sulfonamides is 1. The minimum atomic E-state index is -3.41. The van der Waals surface area contributed by atoms with Gasteiger partial charge in [0.15, 0.2) is 0 Å². The third-order valence-corrected chi connectivity index (χ3v) is 8.18. The molecule has 2 aromatic rings. The van der Waals surface area contributed by atoms with Gasteiger partial charge in [0.1, 0.15) is 0 Å². The summed E-state index contributed by atoms with van der Waals surface area (Å²) in [5.74, 6) is 0. The molecule has 134 valence electrons. The molecular formula is C19H24N2O2S2. The van der Waals surface area contributed by atoms with E-state index in [0.717, 1.165) is 45.3 Å². The lowest BCUT2D eigenvalue weighted by Crippen LogP contribution is -2.58. The number of nitrogens with one attached hydrogen (secondary N) is 1. The van der Waals surface area contributed by atoms with Crippen LogP contribution in [0.1, 0.15) is 30.6 Å². The third-order valence-electron chi connectivity index (χ3n) is 5.83. The van der Waals surface area contributed by atoms with Crippen molar-refractivity contribution in [3.8, 4) is 0 Å². The zero-order valence-electron chi connectivity index (χ0n) is 14.2. The minimum absolute atomic E-state index is 0.0848. The molecule has 2 heterocycles. The maximum absolute atomic E-state index is 12.6. The monoisotopic (exact) mass is 376 g/mol. The van der Waals surface area contributed by atoms with Gasteiger partial charge in [-0.15, -0.1) is 11.3 Å². The molecule has 1 N–H and O–H groups in total. The highest BCUT2D eigenvalue weighted by molar-refractivity contribution is 7.89. The first-order valence-electron chi connectivity index (χ1n) is 8.90. The molecule has 1 spiro atoms. The second-order valence-corrected chi connectivity index (χ2v) is 9.99. The van der Waals surface area contributed by atoms with Gasteiger partial charge in [-0.2, -0.15) is 0 Å². The average molecular weight is 377 g/mol. The molecule has 6 heteroatoms. The van der Waals surface area contributed by atoms with E-state index < -0.39 is 10.0 Å². The van der Waals surface area contributed by atoms with Crippen molar-refractivity contribution < 1.29 is 8.42 Å². The number of thiophene rings is 1. The first-order chi connectivity index (χ1) is 12.1. The summed E-state index contributed by atoms with van der Waals surface area (Å²) in [7, 11) is -3.41. The number of nitrogens with zero attached hydrogens (tertiary/aromatic N) is 1. The van der Waals surface area contributed by atoms with Crippen LogP contribution in [0.2, 0.25) is 0 Å². The van der Waals surface area contributed by atoms with E-state index in [0.29, 0.717) is 4.90 Å². The Balaban J connectivity index is 1.38. The molecule has 1 aromatic heterocycles. The van der Waals surface area contributed by atoms with E-state index in [1.165, 1.54) is 4.88 Å². The zero-order valence-corrected chi connectivity index (χ0v) is 15.9. The predicted molar refractivity (Wildman–Crippen MR) is 101 cm³/mol. The van der Waals surface area contributed by atoms with Gasteiger partial charge < -0.3 is 0 Å². The van der Waals surface area contributed by atoms with E-state index in [2.05, 4.69) is 27.1 Å². The SMILES string of the molecule is O=S(=O)(NC1CCC12CCN(Cc1cccs1)CC2)c1ccccc1. The smallest absolute Gasteiger partial charge is 0.240 e. The molecule has 25 heavy (non-hydrogen) atoms. The molecule has 1 atom stereocenters. The van der Waals surface area contributed by atoms with Crippen molar-refractivity contribution in [3.63, 3.8) is 0 Å². The van der Waals surface area contributed by atoms with Crippen LogP contribution < -0.4 is 4.72 Å². The van der Waals surface area contributed by atoms with E-state index in [4.69, 9.17) is 0 Å². The second-order valence-electron chi connectivity index (χ2n) is 7.24. The molecule has 0 radical (unpaired) electrons. The lowest BCUT2D eigenvalue weighted by Gasteiger charge is -2.54. The van der Waals surface area contributed by atoms with Gasteiger partial charge in [0.2, 0.25) is 10.0 Å². The maximum Gasteiger partial charge on any atom is 0.240 e. The maximum atomic E-state index is 12.6. The lowest BCUT2D eigenvalue weighted by molar-refractivity contribution is 0.000973. The molecule has 4 nitrogen and oxygen atoms in total. The first-order valence-corrected chi connectivity index (χ1v) is 11.3. The van der Waals surface area contributed by atoms with E-state index in [-0.39, 0.29) is 11.5 Å². The Morgan fingerprint density at radius 3 is 2.44 bits per heavy atom. The van der Waals surface area contributed by atoms with Gasteiger partial charge in [0.25, 0.3) is 0 Å². The molecule has 1 saturated carbocycles. The zero-order chi connectivity index (χ0) is 17.3. The van der Waals surface area contributed by atoms with Crippen molar-refractivity contribution in [2.24, 2.45) is 5.41 Å². The van der Waals surface area contributed by atoms with E-state index >= 15 is 0 Å². The van der Waals surface area contributed by atoms with E-state index in [1.807, 2.05) is 17.4 Å². The van der Waals surface area contributed by atoms with Crippen molar-refractivity contribution >= 4 is 21.4 Å². The number of hydrogen-bond acceptors (Lipinski definition) is 4. The highest BCUT2D eigenvalue weighted by Gasteiger charge is 2.49. The highest BCUT2D eigenvalue weighted by atomic mass is 32.2. The fraction of sp³-hybridized carbons (Fsp3) is 0.474. The van der Waals surface area contributed by atoms with Crippen LogP contribution >= 0.6 is 11.3 Å². The molecule has 1 aliphatic heterocycles. The van der Waals surface area contributed by atoms with Crippen molar-refractivity contribution in [1.29, 1.82) is 0 Å². The van der Waals surface area contributed by atoms with Gasteiger partial charge in [-0.05, 0) is 67.8 Å². The van der Waals surface area contributed by atoms with Crippen LogP contribution in [0, 0.1) is 5.41 Å². The molecular weight excluding hydrogens is 352 g/mol. The van der Waals surface area contributed by atoms with Crippen LogP contribution in [0.5, 0.6) is 0 Å². The molecule has 1 aliphatic carbocycles. The van der Waals surface area contributed by atoms with Gasteiger partial charge in [0.05, 0.1) is 4.90 Å². The van der Waals surface area contributed by atoms with Gasteiger partial charge in [-0.3, -0.25) is 4.90 Å². The average Bonchev–Trinajstić information content (AvgIpc) is 3.13. The largest absolute Gasteiger partial charge is 0.298 e. The van der Waals surface area contributed by atoms with E-state index in [1.54, 1.807) is 24.3 Å². The quantitative estimate of drug-likeness (QED) is 0.869. The first kappa shape index (κ1) is 17.2. The molecule has 1 aromatic carbocycles. The molecule has 4 rings (SSSR count). The summed E-state index contributed by atoms with van der Waals surface area (Å²) in [5.41, 5.74) is 0.161. The summed E-state index contributed by atoms with van der Waals surface area (Å²) >= 11 is 1.81. The van der Waals surface area contributed by atoms with Crippen molar-refractivity contribution in [2.45, 2.75) is 43.2 Å². The summed E-state index contributed by atoms with van der Waals surface area (Å²) in [6.07, 6.45) is 4.26. The number of piperidine rings is 1. The number of benzene rings is 1. The van der Waals surface area contributed by atoms with Crippen molar-refractivity contribution in [3.05, 3.63) is 52.7 Å². The minimum Gasteiger partial charge on any atom is -0.298 e. The van der Waals surface area contributed by atoms with Crippen LogP contribution in [0.3, 0.4) is 0 Å². The summed E-state index contributed by atoms with van der Waals surface area (Å²) < 4.78 is 28.2. The van der Waals surface area contributed by atoms with Gasteiger partial charge in [0, 0.05) is 17.5 Å². The molecule has 2 aliphatic rings. The van der Waals surface area contributed by atoms with Crippen LogP contribution in [0.25, 0.3) is 0 Å². The number of hydrogen-bond donors (Lipinski definition) is 1. The highest BCUT2D eigenvalue weighted by Crippen LogP contribution is 2.49. The van der Waals surface area contributed by atoms with Crippen LogP contribution in [0.15, 0.2) is 52.7 Å². The number of likely N-dealkylation sites (tertiary alicyclic amines) is 1. The normalized spacial score (nSPS) is 23.4. The number of rotatable bonds is 5. The summed E-state index contributed by atoms with van der Waals surface area (Å²) in [6, 6.07) is 13.1. The molecule has 1 unspecified atom stereocenters. The molecule has 2 fully saturated rings. The summed E-state index contributed by atoms with van der Waals surface area (Å²) in [4.78, 5) is 4.27. The van der Waals surface area contributed by atoms with Crippen LogP contribution in [0.4, 0.5) is 0 Å². The Hall–Kier alpha value is -1.21. The van der Waals surface area contributed by atoms with Crippen molar-refractivity contribution in [1.82, 2.24) is 9.62 Å². The Morgan fingerprint density at radius 1 is 1.08 bits per heavy atom. The molecule has 1 saturated heterocycles. The second kappa shape index (κ2) is 6.83. The Kier molecular flexibility index (Phi) is 4.71. The molecule has 0 bridgehead atoms. The van der Waals surface area contributed by atoms with Crippen molar-refractivity contribution in [2.75, 3.05) is 13.1 Å². The Morgan fingerprint density at radius 2 is 1.84 bits per heavy atom. The van der Waals surface area contributed by atoms with Gasteiger partial charge in [-0.1, -0.05) is 24.3 Å². The van der Waals surface area contributed by atoms with Crippen LogP contribution in [-0.2, 0) is 16.6 Å². The Labute approximate surface area is 153 Å². The standard InChI is InChI=1S/C19H24N2O2S2/c22-25(23,17-6-2-1-3-7-17)20-18-8-9-19(18)10-12-21(13-11-19)15-16-5-4-14-24-16/h1-7,14,18,20H,8-13,15H2. The fourth-order valence-corrected chi connectivity index (χ4v) is 6.25. The van der Waals surface area contributed by atoms with E-state index in [9.17, 15) is 8.42 Å². The van der Waals surface area contributed by atoms with Gasteiger partial charge in [-0.25, -0.2) is 13.1 Å². The van der Waals surface area contributed by atoms with Crippen LogP contribution in [-0.4, -0.2) is 32.4 Å². The summed E-state index contributed by atoms with van der Waals surface area (Å²) in [5, 5.41) is 2.13. The topological polar surface area (TPSA) is 49.4 Å². The Bertz CT molecular complexity index is 795. The predicted octanol–water partition coefficient (Wildman–Crippen LogP) is 3.47. The fourth-order valence-electron chi connectivity index (χ4n) is 4.11. The lowest BCUT2D eigenvalue weighted by atomic mass is 9.60. The van der Waals surface area contributed by atoms with Gasteiger partial charge >= 0.3 is 0 Å².